The molecule has 6 heteroatoms. The second-order valence-electron chi connectivity index (χ2n) is 4.88. The van der Waals surface area contributed by atoms with Crippen molar-refractivity contribution in [3.8, 4) is 0 Å². The Kier molecular flexibility index (Phi) is 6.30. The predicted octanol–water partition coefficient (Wildman–Crippen LogP) is 4.00. The number of rotatable bonds is 6. The molecule has 2 unspecified atom stereocenters. The lowest BCUT2D eigenvalue weighted by atomic mass is 9.96. The minimum atomic E-state index is -4.17. The topological polar surface area (TPSA) is 29.3 Å². The molecule has 0 amide bonds. The zero-order valence-corrected chi connectivity index (χ0v) is 12.4. The van der Waals surface area contributed by atoms with Crippen molar-refractivity contribution in [2.24, 2.45) is 5.73 Å². The fourth-order valence-corrected chi connectivity index (χ4v) is 2.42. The molecular formula is C14H20ClF3N2. The molecule has 1 aromatic carbocycles. The molecule has 0 heterocycles. The average Bonchev–Trinajstić information content (AvgIpc) is 2.38. The van der Waals surface area contributed by atoms with Crippen LogP contribution in [0.15, 0.2) is 24.3 Å². The molecule has 0 fully saturated rings. The van der Waals surface area contributed by atoms with E-state index >= 15 is 0 Å². The van der Waals surface area contributed by atoms with Crippen molar-refractivity contribution in [3.05, 3.63) is 34.9 Å². The summed E-state index contributed by atoms with van der Waals surface area (Å²) in [6.45, 7) is 1.80. The highest BCUT2D eigenvalue weighted by Gasteiger charge is 2.31. The van der Waals surface area contributed by atoms with Gasteiger partial charge in [-0.1, -0.05) is 36.7 Å². The van der Waals surface area contributed by atoms with E-state index in [2.05, 4.69) is 0 Å². The number of hydrogen-bond acceptors (Lipinski definition) is 2. The van der Waals surface area contributed by atoms with Crippen LogP contribution in [0.4, 0.5) is 13.2 Å². The van der Waals surface area contributed by atoms with E-state index < -0.39 is 12.6 Å². The molecule has 0 aliphatic carbocycles. The Morgan fingerprint density at radius 2 is 1.90 bits per heavy atom. The highest BCUT2D eigenvalue weighted by atomic mass is 35.5. The summed E-state index contributed by atoms with van der Waals surface area (Å²) in [4.78, 5) is 1.63. The van der Waals surface area contributed by atoms with Gasteiger partial charge in [0.2, 0.25) is 0 Å². The van der Waals surface area contributed by atoms with E-state index in [9.17, 15) is 13.2 Å². The molecular weight excluding hydrogens is 289 g/mol. The fraction of sp³-hybridized carbons (Fsp3) is 0.571. The molecule has 0 aliphatic rings. The molecule has 1 rings (SSSR count). The van der Waals surface area contributed by atoms with Gasteiger partial charge in [-0.15, -0.1) is 0 Å². The lowest BCUT2D eigenvalue weighted by Gasteiger charge is -2.33. The highest BCUT2D eigenvalue weighted by Crippen LogP contribution is 2.31. The van der Waals surface area contributed by atoms with Gasteiger partial charge in [-0.05, 0) is 25.1 Å². The van der Waals surface area contributed by atoms with Crippen molar-refractivity contribution in [2.45, 2.75) is 38.0 Å². The first-order chi connectivity index (χ1) is 9.26. The van der Waals surface area contributed by atoms with Gasteiger partial charge in [0, 0.05) is 17.6 Å². The summed E-state index contributed by atoms with van der Waals surface area (Å²) in [7, 11) is 1.65. The molecule has 0 spiro atoms. The van der Waals surface area contributed by atoms with Gasteiger partial charge in [0.1, 0.15) is 0 Å². The third-order valence-corrected chi connectivity index (χ3v) is 3.67. The Morgan fingerprint density at radius 3 is 2.40 bits per heavy atom. The number of nitrogens with two attached hydrogens (primary N) is 1. The first-order valence-electron chi connectivity index (χ1n) is 6.53. The molecule has 0 aromatic heterocycles. The largest absolute Gasteiger partial charge is 0.390 e. The monoisotopic (exact) mass is 308 g/mol. The summed E-state index contributed by atoms with van der Waals surface area (Å²) in [6.07, 6.45) is -4.37. The van der Waals surface area contributed by atoms with Gasteiger partial charge in [0.05, 0.1) is 12.5 Å². The van der Waals surface area contributed by atoms with Crippen molar-refractivity contribution in [1.82, 2.24) is 4.90 Å². The Labute approximate surface area is 122 Å². The van der Waals surface area contributed by atoms with E-state index in [0.717, 1.165) is 5.56 Å². The molecule has 0 radical (unpaired) electrons. The molecule has 2 nitrogen and oxygen atoms in total. The summed E-state index contributed by atoms with van der Waals surface area (Å²) < 4.78 is 37.1. The Morgan fingerprint density at radius 1 is 1.30 bits per heavy atom. The number of hydrogen-bond donors (Lipinski definition) is 1. The van der Waals surface area contributed by atoms with E-state index in [0.29, 0.717) is 11.4 Å². The fourth-order valence-electron chi connectivity index (χ4n) is 2.18. The molecule has 2 atom stereocenters. The summed E-state index contributed by atoms with van der Waals surface area (Å²) in [5.41, 5.74) is 6.85. The minimum Gasteiger partial charge on any atom is -0.326 e. The minimum absolute atomic E-state index is 0.104. The van der Waals surface area contributed by atoms with Gasteiger partial charge in [-0.25, -0.2) is 0 Å². The van der Waals surface area contributed by atoms with Crippen molar-refractivity contribution in [2.75, 3.05) is 13.6 Å². The van der Waals surface area contributed by atoms with Crippen LogP contribution < -0.4 is 5.73 Å². The van der Waals surface area contributed by atoms with Crippen molar-refractivity contribution < 1.29 is 13.2 Å². The van der Waals surface area contributed by atoms with Gasteiger partial charge in [0.15, 0.2) is 0 Å². The Bertz CT molecular complexity index is 423. The maximum Gasteiger partial charge on any atom is 0.390 e. The first-order valence-corrected chi connectivity index (χ1v) is 6.91. The smallest absolute Gasteiger partial charge is 0.326 e. The number of halogens is 4. The lowest BCUT2D eigenvalue weighted by molar-refractivity contribution is -0.138. The SMILES string of the molecule is CCC(N)C(c1ccccc1Cl)N(C)CCC(F)(F)F. The summed E-state index contributed by atoms with van der Waals surface area (Å²) in [6, 6.07) is 6.55. The molecule has 0 aliphatic heterocycles. The van der Waals surface area contributed by atoms with Gasteiger partial charge < -0.3 is 5.73 Å². The molecule has 0 bridgehead atoms. The van der Waals surface area contributed by atoms with Crippen LogP contribution in [0.2, 0.25) is 5.02 Å². The van der Waals surface area contributed by atoms with E-state index in [-0.39, 0.29) is 18.6 Å². The number of nitrogens with zero attached hydrogens (tertiary/aromatic N) is 1. The van der Waals surface area contributed by atoms with Crippen molar-refractivity contribution in [1.29, 1.82) is 0 Å². The molecule has 20 heavy (non-hydrogen) atoms. The van der Waals surface area contributed by atoms with Crippen LogP contribution >= 0.6 is 11.6 Å². The lowest BCUT2D eigenvalue weighted by Crippen LogP contribution is -2.40. The van der Waals surface area contributed by atoms with E-state index in [1.165, 1.54) is 0 Å². The van der Waals surface area contributed by atoms with Crippen LogP contribution in [0.25, 0.3) is 0 Å². The maximum atomic E-state index is 12.4. The second-order valence-corrected chi connectivity index (χ2v) is 5.29. The number of benzene rings is 1. The van der Waals surface area contributed by atoms with Crippen LogP contribution in [0.3, 0.4) is 0 Å². The number of alkyl halides is 3. The second kappa shape index (κ2) is 7.29. The van der Waals surface area contributed by atoms with E-state index in [1.807, 2.05) is 19.1 Å². The summed E-state index contributed by atoms with van der Waals surface area (Å²) >= 11 is 6.15. The molecule has 2 N–H and O–H groups in total. The van der Waals surface area contributed by atoms with Crippen LogP contribution in [0.5, 0.6) is 0 Å². The van der Waals surface area contributed by atoms with Gasteiger partial charge >= 0.3 is 6.18 Å². The van der Waals surface area contributed by atoms with Crippen molar-refractivity contribution in [3.63, 3.8) is 0 Å². The van der Waals surface area contributed by atoms with Gasteiger partial charge in [0.25, 0.3) is 0 Å². The first kappa shape index (κ1) is 17.3. The van der Waals surface area contributed by atoms with E-state index in [4.69, 9.17) is 17.3 Å². The predicted molar refractivity (Wildman–Crippen MR) is 75.8 cm³/mol. The van der Waals surface area contributed by atoms with Crippen molar-refractivity contribution >= 4 is 11.6 Å². The molecule has 0 saturated heterocycles. The van der Waals surface area contributed by atoms with Crippen LogP contribution in [-0.4, -0.2) is 30.7 Å². The third kappa shape index (κ3) is 4.96. The quantitative estimate of drug-likeness (QED) is 0.860. The summed E-state index contributed by atoms with van der Waals surface area (Å²) in [5.74, 6) is 0. The molecule has 114 valence electrons. The van der Waals surface area contributed by atoms with Crippen LogP contribution in [0, 0.1) is 0 Å². The van der Waals surface area contributed by atoms with Gasteiger partial charge in [-0.3, -0.25) is 4.90 Å². The third-order valence-electron chi connectivity index (χ3n) is 3.32. The zero-order chi connectivity index (χ0) is 15.3. The highest BCUT2D eigenvalue weighted by molar-refractivity contribution is 6.31. The Hall–Kier alpha value is -0.780. The average molecular weight is 309 g/mol. The standard InChI is InChI=1S/C14H20ClF3N2/c1-3-12(19)13(10-6-4-5-7-11(10)15)20(2)9-8-14(16,17)18/h4-7,12-13H,3,8-9,19H2,1-2H3. The van der Waals surface area contributed by atoms with Gasteiger partial charge in [-0.2, -0.15) is 13.2 Å². The van der Waals surface area contributed by atoms with Crippen LogP contribution in [-0.2, 0) is 0 Å². The normalized spacial score (nSPS) is 15.4. The number of likely N-dealkylation sites (N-methyl/N-ethyl adjacent to an activating group) is 1. The molecule has 1 aromatic rings. The summed E-state index contributed by atoms with van der Waals surface area (Å²) in [5, 5.41) is 0.528. The molecule has 0 saturated carbocycles. The zero-order valence-electron chi connectivity index (χ0n) is 11.6. The van der Waals surface area contributed by atoms with E-state index in [1.54, 1.807) is 24.1 Å². The Balaban J connectivity index is 2.93. The van der Waals surface area contributed by atoms with Crippen LogP contribution in [0.1, 0.15) is 31.4 Å². The maximum absolute atomic E-state index is 12.4.